The van der Waals surface area contributed by atoms with Crippen molar-refractivity contribution in [3.63, 3.8) is 0 Å². The van der Waals surface area contributed by atoms with Crippen LogP contribution in [-0.4, -0.2) is 144 Å². The van der Waals surface area contributed by atoms with Gasteiger partial charge in [0.2, 0.25) is 50.1 Å². The summed E-state index contributed by atoms with van der Waals surface area (Å²) in [7, 11) is -16.5. The van der Waals surface area contributed by atoms with Crippen molar-refractivity contribution in [3.8, 4) is 0 Å². The number of benzene rings is 8. The van der Waals surface area contributed by atoms with Gasteiger partial charge < -0.3 is 45.5 Å². The Morgan fingerprint density at radius 1 is 0.565 bits per heavy atom. The number of aldehydes is 1. The van der Waals surface area contributed by atoms with Gasteiger partial charge in [0.05, 0.1) is 76.1 Å². The Bertz CT molecular complexity index is 5540. The number of carboxylic acids is 3. The van der Waals surface area contributed by atoms with E-state index in [1.807, 2.05) is 12.1 Å². The molecule has 0 saturated carbocycles. The van der Waals surface area contributed by atoms with E-state index in [1.165, 1.54) is 122 Å². The number of aromatic carboxylic acids is 2. The maximum atomic E-state index is 13.2. The molecular formula is C66H65Cl3N8O25S6. The molecule has 33 nitrogen and oxygen atoms in total. The van der Waals surface area contributed by atoms with Gasteiger partial charge in [-0.1, -0.05) is 89.9 Å². The number of carbonyl (C=O) groups is 7. The zero-order valence-electron chi connectivity index (χ0n) is 55.7. The quantitative estimate of drug-likeness (QED) is 0.0297. The Morgan fingerprint density at radius 2 is 1.01 bits per heavy atom. The molecule has 0 radical (unpaired) electrons. The molecule has 2 atom stereocenters. The maximum absolute atomic E-state index is 13.2. The maximum Gasteiger partial charge on any atom is 0.335 e. The Hall–Kier alpha value is -9.92. The van der Waals surface area contributed by atoms with Crippen molar-refractivity contribution in [2.24, 2.45) is 31.4 Å². The van der Waals surface area contributed by atoms with Crippen molar-refractivity contribution in [1.29, 1.82) is 0 Å². The van der Waals surface area contributed by atoms with Crippen molar-refractivity contribution in [2.45, 2.75) is 73.9 Å². The predicted octanol–water partition coefficient (Wildman–Crippen LogP) is 4.71. The fraction of sp³-hybridized carbons (Fsp3) is 0.136. The zero-order valence-corrected chi connectivity index (χ0v) is 62.8. The average molecular weight is 1670 g/mol. The Morgan fingerprint density at radius 3 is 1.47 bits per heavy atom. The lowest BCUT2D eigenvalue weighted by atomic mass is 9.95. The summed E-state index contributed by atoms with van der Waals surface area (Å²) in [5.74, 6) is -5.27. The molecule has 0 bridgehead atoms. The highest BCUT2D eigenvalue weighted by molar-refractivity contribution is 8.13. The minimum Gasteiger partial charge on any atom is -0.480 e. The number of methoxy groups -OCH3 is 1. The van der Waals surface area contributed by atoms with Gasteiger partial charge in [0.25, 0.3) is 20.9 Å². The monoisotopic (exact) mass is 1670 g/mol. The number of sulfonamides is 5. The number of fused-ring (bicyclic) bond motifs is 2. The number of furan rings is 1. The summed E-state index contributed by atoms with van der Waals surface area (Å²) in [4.78, 5) is 81.6. The minimum absolute atomic E-state index is 0.00193. The number of carbonyl (C=O) groups excluding carboxylic acids is 4. The second kappa shape index (κ2) is 38.2. The first kappa shape index (κ1) is 88.7. The van der Waals surface area contributed by atoms with Crippen LogP contribution < -0.4 is 36.7 Å². The number of nitrogens with one attached hydrogen (secondary N) is 1. The summed E-state index contributed by atoms with van der Waals surface area (Å²) >= 11 is 13.1. The number of nitrogens with two attached hydrogens (primary N) is 6. The molecule has 0 aliphatic carbocycles. The van der Waals surface area contributed by atoms with Crippen LogP contribution in [-0.2, 0) is 106 Å². The highest BCUT2D eigenvalue weighted by atomic mass is 35.7. The first-order chi connectivity index (χ1) is 50.2. The summed E-state index contributed by atoms with van der Waals surface area (Å²) in [6, 6.07) is 38.9. The molecule has 17 N–H and O–H groups in total. The van der Waals surface area contributed by atoms with Crippen LogP contribution in [0, 0.1) is 0 Å². The van der Waals surface area contributed by atoms with Crippen molar-refractivity contribution in [1.82, 2.24) is 10.2 Å². The zero-order chi connectivity index (χ0) is 81.0. The Labute approximate surface area is 632 Å². The van der Waals surface area contributed by atoms with Gasteiger partial charge in [0.15, 0.2) is 0 Å². The molecule has 0 fully saturated rings. The molecule has 10 rings (SSSR count). The number of rotatable bonds is 19. The number of amides is 2. The van der Waals surface area contributed by atoms with Gasteiger partial charge in [-0.15, -0.1) is 0 Å². The first-order valence-electron chi connectivity index (χ1n) is 30.0. The van der Waals surface area contributed by atoms with Gasteiger partial charge >= 0.3 is 23.9 Å². The number of carboxylic acid groups (broad SMARTS) is 3. The lowest BCUT2D eigenvalue weighted by Gasteiger charge is -2.30. The number of aliphatic hydroxyl groups excluding tert-OH is 1. The summed E-state index contributed by atoms with van der Waals surface area (Å²) in [6.07, 6.45) is 2.44. The van der Waals surface area contributed by atoms with Crippen LogP contribution in [0.3, 0.4) is 0 Å². The van der Waals surface area contributed by atoms with E-state index < -0.39 is 101 Å². The fourth-order valence-electron chi connectivity index (χ4n) is 9.33. The number of nitrogens with zero attached hydrogens (tertiary/aromatic N) is 1. The number of ether oxygens (including phenoxy) is 1. The molecule has 2 amide bonds. The smallest absolute Gasteiger partial charge is 0.335 e. The van der Waals surface area contributed by atoms with Gasteiger partial charge in [-0.3, -0.25) is 19.2 Å². The van der Waals surface area contributed by atoms with Gasteiger partial charge in [-0.25, -0.2) is 90.6 Å². The van der Waals surface area contributed by atoms with Crippen molar-refractivity contribution < 1.29 is 114 Å². The van der Waals surface area contributed by atoms with Gasteiger partial charge in [0.1, 0.15) is 24.0 Å². The molecule has 2 heterocycles. The van der Waals surface area contributed by atoms with Crippen LogP contribution in [0.4, 0.5) is 0 Å². The summed E-state index contributed by atoms with van der Waals surface area (Å²) in [5, 5.41) is 63.6. The number of halogens is 3. The van der Waals surface area contributed by atoms with Crippen LogP contribution in [0.2, 0.25) is 10.0 Å². The molecule has 0 unspecified atom stereocenters. The molecule has 42 heteroatoms. The molecule has 1 aromatic heterocycles. The van der Waals surface area contributed by atoms with Crippen LogP contribution in [0.15, 0.2) is 216 Å². The minimum atomic E-state index is -4.00. The van der Waals surface area contributed by atoms with Crippen molar-refractivity contribution >= 4 is 146 Å². The van der Waals surface area contributed by atoms with E-state index in [4.69, 9.17) is 85.0 Å². The molecule has 0 saturated heterocycles. The number of hydrogen-bond donors (Lipinski definition) is 11. The van der Waals surface area contributed by atoms with E-state index in [-0.39, 0.29) is 88.0 Å². The van der Waals surface area contributed by atoms with E-state index >= 15 is 0 Å². The van der Waals surface area contributed by atoms with Crippen molar-refractivity contribution in [2.75, 3.05) is 13.7 Å². The largest absolute Gasteiger partial charge is 0.480 e. The molecule has 9 aromatic rings. The second-order valence-electron chi connectivity index (χ2n) is 22.4. The third kappa shape index (κ3) is 26.8. The van der Waals surface area contributed by atoms with Gasteiger partial charge in [0, 0.05) is 46.7 Å². The molecule has 0 spiro atoms. The summed E-state index contributed by atoms with van der Waals surface area (Å²) in [5.41, 5.74) is 9.41. The van der Waals surface area contributed by atoms with E-state index in [9.17, 15) is 89.2 Å². The number of primary sulfonamides is 5. The van der Waals surface area contributed by atoms with Crippen LogP contribution in [0.1, 0.15) is 79.6 Å². The molecule has 576 valence electrons. The van der Waals surface area contributed by atoms with Gasteiger partial charge in [-0.05, 0) is 150 Å². The highest BCUT2D eigenvalue weighted by Crippen LogP contribution is 2.36. The average Bonchev–Trinajstić information content (AvgIpc) is 0.816. The molecule has 8 aromatic carbocycles. The summed E-state index contributed by atoms with van der Waals surface area (Å²) < 4.78 is 142. The lowest BCUT2D eigenvalue weighted by molar-refractivity contribution is -0.142. The fourth-order valence-corrected chi connectivity index (χ4v) is 13.8. The number of aliphatic carboxylic acids is 1. The molecule has 1 aliphatic rings. The number of hydrogen-bond acceptors (Lipinski definition) is 23. The SMILES string of the molecule is COC(=O)[C@@H](N)Cc1cccc(S(N)(=O)=O)c1.NS(=O)(=O)c1cccc(C(=O)O)c1.NS(=O)(=O)c1cccc(C=O)c1.NS(=O)(=O)c1cccc(CO)c1.NS(=O)(=O)c1cccc(C[C@H](NC(=O)c2c(Cl)cc3c(c2Cl)CCN(C(=O)c2ccc4ccoc4c2)C3)C(=O)O)c1.O=C(O)c1cccc(S(=O)(=O)Cl)c1. The normalized spacial score (nSPS) is 12.6. The van der Waals surface area contributed by atoms with Crippen LogP contribution >= 0.6 is 33.9 Å². The van der Waals surface area contributed by atoms with E-state index in [0.29, 0.717) is 63.8 Å². The molecule has 1 aliphatic heterocycles. The molecule has 108 heavy (non-hydrogen) atoms. The van der Waals surface area contributed by atoms with E-state index in [2.05, 4.69) is 10.1 Å². The van der Waals surface area contributed by atoms with E-state index in [0.717, 1.165) is 17.5 Å². The topological polar surface area (TPSA) is 599 Å². The van der Waals surface area contributed by atoms with Crippen LogP contribution in [0.25, 0.3) is 11.0 Å². The van der Waals surface area contributed by atoms with Crippen molar-refractivity contribution in [3.05, 3.63) is 248 Å². The van der Waals surface area contributed by atoms with E-state index in [1.54, 1.807) is 47.6 Å². The first-order valence-corrected chi connectivity index (χ1v) is 40.8. The third-order valence-corrected chi connectivity index (χ3v) is 21.2. The van der Waals surface area contributed by atoms with Gasteiger partial charge in [-0.2, -0.15) is 0 Å². The Kier molecular flexibility index (Phi) is 31.4. The standard InChI is InChI=1S/C28H23Cl2N3O7S.C10H14N2O4S.C7H5ClO4S.C7H7NO4S.C7H9NO3S.C7H7NO3S/c29-21-12-18-14-33(27(35)17-5-4-16-7-9-40-23(16)13-17)8-6-20(18)25(30)24(21)26(34)32-22(28(36)37)11-15-2-1-3-19(10-15)41(31,38)39;1-16-10(13)9(11)6-7-3-2-4-8(5-7)17(12,14)15;2*8-13(11,12)6-3-1-2-5(4-6)7(9)10;2*8-12(10,11)7-3-1-2-6(4-7)5-9/h1-5,7,9-10,12-13,22H,6,8,11,14H2,(H,32,34)(H,36,37)(H2,31,38,39);2-5,9H,6,11H2,1H3,(H2,12,14,15);1-4H,(H,9,10);1-4H,(H,9,10)(H2,8,11,12);1-4,9H,5H2,(H2,8,10,11);1-5H,(H2,8,10,11)/t22-;9-;;;;/m00..../s1. The number of aliphatic hydroxyl groups is 1. The lowest BCUT2D eigenvalue weighted by Crippen LogP contribution is -2.42. The number of esters is 1. The highest BCUT2D eigenvalue weighted by Gasteiger charge is 2.31. The third-order valence-electron chi connectivity index (χ3n) is 14.6. The second-order valence-corrected chi connectivity index (χ2v) is 33.5. The Balaban J connectivity index is 0.000000258. The predicted molar refractivity (Wildman–Crippen MR) is 391 cm³/mol. The molecular weight excluding hydrogens is 1600 g/mol. The van der Waals surface area contributed by atoms with Crippen LogP contribution in [0.5, 0.6) is 0 Å². The summed E-state index contributed by atoms with van der Waals surface area (Å²) in [6.45, 7) is 0.357.